The van der Waals surface area contributed by atoms with Crippen molar-refractivity contribution in [2.45, 2.75) is 58.8 Å². The number of hydrogen-bond acceptors (Lipinski definition) is 3. The van der Waals surface area contributed by atoms with Gasteiger partial charge in [-0.1, -0.05) is 56.9 Å². The predicted octanol–water partition coefficient (Wildman–Crippen LogP) is 3.94. The number of rotatable bonds is 8. The average molecular weight is 375 g/mol. The lowest BCUT2D eigenvalue weighted by molar-refractivity contribution is -0.145. The molecule has 0 saturated carbocycles. The van der Waals surface area contributed by atoms with Crippen LogP contribution >= 0.6 is 0 Å². The Kier molecular flexibility index (Phi) is 9.26. The lowest BCUT2D eigenvalue weighted by Gasteiger charge is -2.23. The number of carboxylic acid groups (broad SMARTS) is 2. The number of allylic oxidation sites excluding steroid dienone is 2. The van der Waals surface area contributed by atoms with Crippen molar-refractivity contribution < 1.29 is 19.8 Å². The SMILES string of the molecule is CC1(C(=O)O)C=CC=C(C(=O)O)C1.CCCCCCCc1ccc[nH]c1=O. The predicted molar refractivity (Wildman–Crippen MR) is 105 cm³/mol. The smallest absolute Gasteiger partial charge is 0.331 e. The summed E-state index contributed by atoms with van der Waals surface area (Å²) in [6.45, 7) is 3.71. The number of aromatic amines is 1. The highest BCUT2D eigenvalue weighted by Crippen LogP contribution is 2.31. The molecule has 1 atom stereocenters. The molecular formula is C21H29NO5. The second-order valence-corrected chi connectivity index (χ2v) is 6.94. The number of aryl methyl sites for hydroxylation is 1. The van der Waals surface area contributed by atoms with Gasteiger partial charge < -0.3 is 15.2 Å². The molecule has 0 radical (unpaired) electrons. The third-order valence-corrected chi connectivity index (χ3v) is 4.53. The molecule has 1 aliphatic carbocycles. The highest BCUT2D eigenvalue weighted by Gasteiger charge is 2.34. The van der Waals surface area contributed by atoms with Gasteiger partial charge in [-0.3, -0.25) is 9.59 Å². The average Bonchev–Trinajstić information content (AvgIpc) is 2.63. The van der Waals surface area contributed by atoms with Crippen molar-refractivity contribution in [1.29, 1.82) is 0 Å². The Bertz CT molecular complexity index is 747. The molecule has 0 spiro atoms. The van der Waals surface area contributed by atoms with Gasteiger partial charge in [-0.25, -0.2) is 4.79 Å². The van der Waals surface area contributed by atoms with E-state index in [1.165, 1.54) is 50.8 Å². The molecule has 6 heteroatoms. The van der Waals surface area contributed by atoms with Crippen LogP contribution in [0.15, 0.2) is 46.9 Å². The Hall–Kier alpha value is -2.63. The molecule has 1 aromatic rings. The normalized spacial score (nSPS) is 18.2. The van der Waals surface area contributed by atoms with E-state index in [1.807, 2.05) is 12.1 Å². The van der Waals surface area contributed by atoms with Crippen LogP contribution in [0.3, 0.4) is 0 Å². The van der Waals surface area contributed by atoms with Crippen molar-refractivity contribution in [3.63, 3.8) is 0 Å². The van der Waals surface area contributed by atoms with Crippen LogP contribution in [0.4, 0.5) is 0 Å². The topological polar surface area (TPSA) is 107 Å². The lowest BCUT2D eigenvalue weighted by atomic mass is 9.80. The van der Waals surface area contributed by atoms with Gasteiger partial charge in [0.2, 0.25) is 0 Å². The molecule has 1 unspecified atom stereocenters. The van der Waals surface area contributed by atoms with Crippen molar-refractivity contribution in [3.05, 3.63) is 58.0 Å². The quantitative estimate of drug-likeness (QED) is 0.597. The van der Waals surface area contributed by atoms with Crippen LogP contribution in [-0.4, -0.2) is 27.1 Å². The van der Waals surface area contributed by atoms with Crippen LogP contribution in [0, 0.1) is 5.41 Å². The van der Waals surface area contributed by atoms with Crippen molar-refractivity contribution in [2.24, 2.45) is 5.41 Å². The summed E-state index contributed by atoms with van der Waals surface area (Å²) in [4.78, 5) is 35.3. The zero-order chi connectivity index (χ0) is 20.3. The van der Waals surface area contributed by atoms with Gasteiger partial charge in [0.25, 0.3) is 5.56 Å². The van der Waals surface area contributed by atoms with Gasteiger partial charge in [-0.15, -0.1) is 0 Å². The molecular weight excluding hydrogens is 346 g/mol. The maximum atomic E-state index is 11.3. The van der Waals surface area contributed by atoms with Crippen molar-refractivity contribution >= 4 is 11.9 Å². The fourth-order valence-electron chi connectivity index (χ4n) is 2.76. The number of nitrogens with one attached hydrogen (secondary N) is 1. The van der Waals surface area contributed by atoms with Crippen molar-refractivity contribution in [1.82, 2.24) is 4.98 Å². The first-order valence-corrected chi connectivity index (χ1v) is 9.32. The van der Waals surface area contributed by atoms with E-state index in [0.717, 1.165) is 18.4 Å². The molecule has 27 heavy (non-hydrogen) atoms. The summed E-state index contributed by atoms with van der Waals surface area (Å²) in [5.74, 6) is -2.06. The second-order valence-electron chi connectivity index (χ2n) is 6.94. The number of hydrogen-bond donors (Lipinski definition) is 3. The first-order chi connectivity index (χ1) is 12.8. The maximum Gasteiger partial charge on any atom is 0.331 e. The minimum Gasteiger partial charge on any atom is -0.481 e. The Labute approximate surface area is 159 Å². The Morgan fingerprint density at radius 2 is 1.89 bits per heavy atom. The number of unbranched alkanes of at least 4 members (excludes halogenated alkanes) is 4. The fourth-order valence-corrected chi connectivity index (χ4v) is 2.76. The summed E-state index contributed by atoms with van der Waals surface area (Å²) in [5.41, 5.74) is 0.0436. The largest absolute Gasteiger partial charge is 0.481 e. The molecule has 0 aromatic carbocycles. The van der Waals surface area contributed by atoms with E-state index >= 15 is 0 Å². The van der Waals surface area contributed by atoms with Crippen molar-refractivity contribution in [3.8, 4) is 0 Å². The van der Waals surface area contributed by atoms with E-state index in [4.69, 9.17) is 10.2 Å². The molecule has 6 nitrogen and oxygen atoms in total. The molecule has 0 amide bonds. The molecule has 2 rings (SSSR count). The first-order valence-electron chi connectivity index (χ1n) is 9.32. The first kappa shape index (κ1) is 22.4. The summed E-state index contributed by atoms with van der Waals surface area (Å²) >= 11 is 0. The lowest BCUT2D eigenvalue weighted by Crippen LogP contribution is -2.28. The van der Waals surface area contributed by atoms with Crippen LogP contribution in [0.25, 0.3) is 0 Å². The van der Waals surface area contributed by atoms with Crippen LogP contribution < -0.4 is 5.56 Å². The summed E-state index contributed by atoms with van der Waals surface area (Å²) < 4.78 is 0. The minimum absolute atomic E-state index is 0.0359. The van der Waals surface area contributed by atoms with Crippen LogP contribution in [0.2, 0.25) is 0 Å². The van der Waals surface area contributed by atoms with Crippen LogP contribution in [-0.2, 0) is 16.0 Å². The summed E-state index contributed by atoms with van der Waals surface area (Å²) in [6, 6.07) is 3.81. The minimum atomic E-state index is -1.08. The standard InChI is InChI=1S/C12H19NO.C9H10O4/c1-2-3-4-5-6-8-11-9-7-10-13-12(11)14;1-9(8(12)13)4-2-3-6(5-9)7(10)11/h7,9-10H,2-6,8H2,1H3,(H,13,14);2-4H,5H2,1H3,(H,10,11)(H,12,13). The molecule has 3 N–H and O–H groups in total. The van der Waals surface area contributed by atoms with Crippen LogP contribution in [0.1, 0.15) is 57.9 Å². The molecule has 1 heterocycles. The Morgan fingerprint density at radius 3 is 2.48 bits per heavy atom. The van der Waals surface area contributed by atoms with E-state index in [-0.39, 0.29) is 17.6 Å². The van der Waals surface area contributed by atoms with E-state index in [2.05, 4.69) is 11.9 Å². The summed E-state index contributed by atoms with van der Waals surface area (Å²) in [7, 11) is 0. The van der Waals surface area contributed by atoms with Gasteiger partial charge in [-0.2, -0.15) is 0 Å². The number of H-pyrrole nitrogens is 1. The number of aliphatic carboxylic acids is 2. The Morgan fingerprint density at radius 1 is 1.19 bits per heavy atom. The third kappa shape index (κ3) is 7.64. The molecule has 0 saturated heterocycles. The molecule has 0 bridgehead atoms. The number of aromatic nitrogens is 1. The zero-order valence-electron chi connectivity index (χ0n) is 16.0. The fraction of sp³-hybridized carbons (Fsp3) is 0.476. The number of pyridine rings is 1. The Balaban J connectivity index is 0.000000271. The number of carbonyl (C=O) groups is 2. The van der Waals surface area contributed by atoms with Gasteiger partial charge in [0, 0.05) is 17.3 Å². The van der Waals surface area contributed by atoms with E-state index in [1.54, 1.807) is 6.20 Å². The van der Waals surface area contributed by atoms with E-state index in [0.29, 0.717) is 0 Å². The molecule has 0 fully saturated rings. The highest BCUT2D eigenvalue weighted by atomic mass is 16.4. The van der Waals surface area contributed by atoms with E-state index < -0.39 is 17.4 Å². The number of carboxylic acids is 2. The summed E-state index contributed by atoms with van der Waals surface area (Å²) in [5, 5.41) is 17.5. The highest BCUT2D eigenvalue weighted by molar-refractivity contribution is 5.90. The maximum absolute atomic E-state index is 11.3. The summed E-state index contributed by atoms with van der Waals surface area (Å²) in [6.07, 6.45) is 13.3. The van der Waals surface area contributed by atoms with Crippen molar-refractivity contribution in [2.75, 3.05) is 0 Å². The van der Waals surface area contributed by atoms with Gasteiger partial charge >= 0.3 is 11.9 Å². The zero-order valence-corrected chi connectivity index (χ0v) is 16.0. The molecule has 1 aliphatic rings. The monoisotopic (exact) mass is 375 g/mol. The van der Waals surface area contributed by atoms with Crippen LogP contribution in [0.5, 0.6) is 0 Å². The van der Waals surface area contributed by atoms with Gasteiger partial charge in [-0.05, 0) is 32.3 Å². The molecule has 0 aliphatic heterocycles. The molecule has 1 aromatic heterocycles. The van der Waals surface area contributed by atoms with E-state index in [9.17, 15) is 14.4 Å². The van der Waals surface area contributed by atoms with Gasteiger partial charge in [0.1, 0.15) is 0 Å². The van der Waals surface area contributed by atoms with Gasteiger partial charge in [0.15, 0.2) is 0 Å². The second kappa shape index (κ2) is 11.2. The molecule has 148 valence electrons. The van der Waals surface area contributed by atoms with Gasteiger partial charge in [0.05, 0.1) is 5.41 Å². The third-order valence-electron chi connectivity index (χ3n) is 4.53.